The zero-order chi connectivity index (χ0) is 18.5. The number of allylic oxidation sites excluding steroid dienone is 3. The van der Waals surface area contributed by atoms with Crippen molar-refractivity contribution in [3.05, 3.63) is 64.7 Å². The largest absolute Gasteiger partial charge is 0.497 e. The van der Waals surface area contributed by atoms with Crippen LogP contribution in [-0.4, -0.2) is 20.2 Å². The first kappa shape index (κ1) is 22.0. The highest BCUT2D eigenvalue weighted by atomic mass is 35.5. The van der Waals surface area contributed by atoms with Crippen molar-refractivity contribution in [1.29, 1.82) is 0 Å². The summed E-state index contributed by atoms with van der Waals surface area (Å²) in [5.74, 6) is 0.374. The number of hydrogen-bond acceptors (Lipinski definition) is 3. The second kappa shape index (κ2) is 12.4. The molecule has 0 unspecified atom stereocenters. The summed E-state index contributed by atoms with van der Waals surface area (Å²) in [7, 11) is 2.97. The third-order valence-electron chi connectivity index (χ3n) is 3.28. The van der Waals surface area contributed by atoms with E-state index in [4.69, 9.17) is 21.1 Å². The maximum atomic E-state index is 11.6. The van der Waals surface area contributed by atoms with Gasteiger partial charge in [0.15, 0.2) is 0 Å². The van der Waals surface area contributed by atoms with E-state index in [0.29, 0.717) is 10.6 Å². The molecule has 24 heavy (non-hydrogen) atoms. The highest BCUT2D eigenvalue weighted by molar-refractivity contribution is 6.31. The predicted molar refractivity (Wildman–Crippen MR) is 102 cm³/mol. The smallest absolute Gasteiger partial charge is 0.337 e. The van der Waals surface area contributed by atoms with E-state index in [2.05, 4.69) is 6.58 Å². The molecule has 1 rings (SSSR count). The molecule has 4 heteroatoms. The van der Waals surface area contributed by atoms with Gasteiger partial charge in [0.1, 0.15) is 5.75 Å². The van der Waals surface area contributed by atoms with Gasteiger partial charge in [-0.1, -0.05) is 50.2 Å². The summed E-state index contributed by atoms with van der Waals surface area (Å²) in [6.07, 6.45) is 6.72. The highest BCUT2D eigenvalue weighted by Gasteiger charge is 2.07. The van der Waals surface area contributed by atoms with Crippen LogP contribution in [0.5, 0.6) is 5.75 Å². The molecular weight excluding hydrogens is 324 g/mol. The monoisotopic (exact) mass is 350 g/mol. The fourth-order valence-corrected chi connectivity index (χ4v) is 2.21. The van der Waals surface area contributed by atoms with Crippen molar-refractivity contribution in [1.82, 2.24) is 0 Å². The van der Waals surface area contributed by atoms with E-state index in [9.17, 15) is 4.79 Å². The lowest BCUT2D eigenvalue weighted by atomic mass is 10.0. The van der Waals surface area contributed by atoms with Crippen LogP contribution >= 0.6 is 11.6 Å². The van der Waals surface area contributed by atoms with Crippen molar-refractivity contribution in [3.8, 4) is 5.75 Å². The van der Waals surface area contributed by atoms with Gasteiger partial charge in [0.25, 0.3) is 0 Å². The van der Waals surface area contributed by atoms with Gasteiger partial charge in [0.2, 0.25) is 0 Å². The lowest BCUT2D eigenvalue weighted by Crippen LogP contribution is -2.03. The van der Waals surface area contributed by atoms with Crippen molar-refractivity contribution in [2.75, 3.05) is 14.2 Å². The number of methoxy groups -OCH3 is 2. The summed E-state index contributed by atoms with van der Waals surface area (Å²) in [5, 5.41) is 0.669. The first-order valence-electron chi connectivity index (χ1n) is 7.95. The topological polar surface area (TPSA) is 35.5 Å². The molecule has 0 bridgehead atoms. The number of rotatable bonds is 7. The van der Waals surface area contributed by atoms with Crippen molar-refractivity contribution in [2.45, 2.75) is 33.6 Å². The van der Waals surface area contributed by atoms with Gasteiger partial charge in [0, 0.05) is 5.02 Å². The molecule has 3 nitrogen and oxygen atoms in total. The van der Waals surface area contributed by atoms with Crippen LogP contribution in [-0.2, 0) is 16.0 Å². The standard InChI is InChI=1S/C18H21ClO3.C2H6/c1-5-13(11-14(6-2)18(20)22-4)7-8-15-9-10-16(21-3)12-17(15)19;1-2/h5-6,9-12H,1,7-8H2,2-4H3;1-2H3/b13-11+,14-6+;. The van der Waals surface area contributed by atoms with Crippen molar-refractivity contribution >= 4 is 17.6 Å². The maximum absolute atomic E-state index is 11.6. The van der Waals surface area contributed by atoms with E-state index in [1.54, 1.807) is 38.3 Å². The molecule has 0 atom stereocenters. The minimum atomic E-state index is -0.357. The lowest BCUT2D eigenvalue weighted by Gasteiger charge is -2.08. The Balaban J connectivity index is 0.00000254. The molecule has 0 N–H and O–H groups in total. The molecule has 0 fully saturated rings. The fourth-order valence-electron chi connectivity index (χ4n) is 1.95. The zero-order valence-electron chi connectivity index (χ0n) is 15.2. The van der Waals surface area contributed by atoms with Gasteiger partial charge in [-0.3, -0.25) is 0 Å². The van der Waals surface area contributed by atoms with Crippen LogP contribution in [0.2, 0.25) is 5.02 Å². The highest BCUT2D eigenvalue weighted by Crippen LogP contribution is 2.24. The van der Waals surface area contributed by atoms with Crippen LogP contribution in [0.3, 0.4) is 0 Å². The number of ether oxygens (including phenoxy) is 2. The van der Waals surface area contributed by atoms with Crippen LogP contribution in [0.4, 0.5) is 0 Å². The molecule has 0 aliphatic rings. The molecule has 1 aromatic rings. The van der Waals surface area contributed by atoms with E-state index >= 15 is 0 Å². The molecule has 132 valence electrons. The van der Waals surface area contributed by atoms with Crippen LogP contribution in [0, 0.1) is 0 Å². The van der Waals surface area contributed by atoms with Gasteiger partial charge in [-0.2, -0.15) is 0 Å². The molecule has 0 aliphatic carbocycles. The Morgan fingerprint density at radius 1 is 1.29 bits per heavy atom. The number of halogens is 1. The van der Waals surface area contributed by atoms with E-state index in [1.165, 1.54) is 7.11 Å². The molecule has 0 spiro atoms. The fraction of sp³-hybridized carbons (Fsp3) is 0.350. The minimum absolute atomic E-state index is 0.357. The Hall–Kier alpha value is -2.00. The average molecular weight is 351 g/mol. The van der Waals surface area contributed by atoms with Crippen molar-refractivity contribution in [3.63, 3.8) is 0 Å². The summed E-state index contributed by atoms with van der Waals surface area (Å²) in [4.78, 5) is 11.6. The van der Waals surface area contributed by atoms with Crippen LogP contribution in [0.15, 0.2) is 54.2 Å². The molecule has 1 aromatic carbocycles. The Bertz CT molecular complexity index is 601. The normalized spacial score (nSPS) is 11.2. The van der Waals surface area contributed by atoms with Crippen LogP contribution in [0.25, 0.3) is 0 Å². The van der Waals surface area contributed by atoms with E-state index in [1.807, 2.05) is 26.0 Å². The van der Waals surface area contributed by atoms with Crippen LogP contribution in [0.1, 0.15) is 32.8 Å². The Labute approximate surface area is 150 Å². The van der Waals surface area contributed by atoms with E-state index in [-0.39, 0.29) is 5.97 Å². The summed E-state index contributed by atoms with van der Waals surface area (Å²) in [6.45, 7) is 9.59. The molecule has 0 heterocycles. The first-order chi connectivity index (χ1) is 11.5. The number of benzene rings is 1. The van der Waals surface area contributed by atoms with Gasteiger partial charge in [-0.15, -0.1) is 0 Å². The predicted octanol–water partition coefficient (Wildman–Crippen LogP) is 5.54. The van der Waals surface area contributed by atoms with Gasteiger partial charge in [-0.05, 0) is 49.1 Å². The Kier molecular flexibility index (Phi) is 11.4. The summed E-state index contributed by atoms with van der Waals surface area (Å²) in [5.41, 5.74) is 2.49. The quantitative estimate of drug-likeness (QED) is 0.368. The van der Waals surface area contributed by atoms with Crippen molar-refractivity contribution in [2.24, 2.45) is 0 Å². The SMILES string of the molecule is C=C/C(=C\C(=C/C)C(=O)OC)CCc1ccc(OC)cc1Cl.CC. The molecule has 0 aromatic heterocycles. The average Bonchev–Trinajstić information content (AvgIpc) is 2.63. The van der Waals surface area contributed by atoms with Crippen molar-refractivity contribution < 1.29 is 14.3 Å². The molecular formula is C20H27ClO3. The number of esters is 1. The van der Waals surface area contributed by atoms with Gasteiger partial charge in [0.05, 0.1) is 19.8 Å². The third kappa shape index (κ3) is 7.05. The second-order valence-electron chi connectivity index (χ2n) is 4.62. The lowest BCUT2D eigenvalue weighted by molar-refractivity contribution is -0.135. The number of carbonyl (C=O) groups is 1. The second-order valence-corrected chi connectivity index (χ2v) is 5.02. The van der Waals surface area contributed by atoms with Gasteiger partial charge >= 0.3 is 5.97 Å². The summed E-state index contributed by atoms with van der Waals surface area (Å²) >= 11 is 6.23. The summed E-state index contributed by atoms with van der Waals surface area (Å²) < 4.78 is 9.87. The molecule has 0 radical (unpaired) electrons. The van der Waals surface area contributed by atoms with E-state index < -0.39 is 0 Å². The maximum Gasteiger partial charge on any atom is 0.337 e. The minimum Gasteiger partial charge on any atom is -0.497 e. The zero-order valence-corrected chi connectivity index (χ0v) is 15.9. The van der Waals surface area contributed by atoms with E-state index in [0.717, 1.165) is 29.7 Å². The molecule has 0 amide bonds. The molecule has 0 aliphatic heterocycles. The third-order valence-corrected chi connectivity index (χ3v) is 3.63. The Morgan fingerprint density at radius 2 is 1.96 bits per heavy atom. The summed E-state index contributed by atoms with van der Waals surface area (Å²) in [6, 6.07) is 5.61. The number of aryl methyl sites for hydroxylation is 1. The number of hydrogen-bond donors (Lipinski definition) is 0. The van der Waals surface area contributed by atoms with Crippen LogP contribution < -0.4 is 4.74 Å². The first-order valence-corrected chi connectivity index (χ1v) is 8.33. The molecule has 0 saturated carbocycles. The Morgan fingerprint density at radius 3 is 2.42 bits per heavy atom. The molecule has 0 saturated heterocycles. The number of carbonyl (C=O) groups excluding carboxylic acids is 1. The van der Waals surface area contributed by atoms with Gasteiger partial charge < -0.3 is 9.47 Å². The van der Waals surface area contributed by atoms with Gasteiger partial charge in [-0.25, -0.2) is 4.79 Å².